The van der Waals surface area contributed by atoms with E-state index in [0.29, 0.717) is 17.1 Å². The first-order valence-electron chi connectivity index (χ1n) is 12.3. The van der Waals surface area contributed by atoms with Gasteiger partial charge in [-0.25, -0.2) is 9.50 Å². The number of rotatable bonds is 6. The third kappa shape index (κ3) is 5.54. The van der Waals surface area contributed by atoms with Crippen LogP contribution in [-0.4, -0.2) is 80.7 Å². The van der Waals surface area contributed by atoms with Gasteiger partial charge in [-0.1, -0.05) is 0 Å². The van der Waals surface area contributed by atoms with Crippen molar-refractivity contribution >= 4 is 11.6 Å². The second-order valence-corrected chi connectivity index (χ2v) is 9.76. The van der Waals surface area contributed by atoms with Gasteiger partial charge >= 0.3 is 6.18 Å². The molecule has 3 aromatic heterocycles. The monoisotopic (exact) mass is 505 g/mol. The molecular formula is C24H30F3N7O2. The molecule has 0 aromatic carbocycles. The van der Waals surface area contributed by atoms with E-state index in [-0.39, 0.29) is 23.0 Å². The van der Waals surface area contributed by atoms with E-state index in [1.54, 1.807) is 19.2 Å². The van der Waals surface area contributed by atoms with Gasteiger partial charge in [0.25, 0.3) is 5.91 Å². The lowest BCUT2D eigenvalue weighted by Crippen LogP contribution is -2.46. The molecule has 36 heavy (non-hydrogen) atoms. The number of aromatic nitrogens is 5. The number of pyridine rings is 1. The van der Waals surface area contributed by atoms with Gasteiger partial charge in [0.05, 0.1) is 12.1 Å². The van der Waals surface area contributed by atoms with E-state index >= 15 is 0 Å². The normalized spacial score (nSPS) is 18.7. The van der Waals surface area contributed by atoms with Crippen molar-refractivity contribution in [2.45, 2.75) is 51.2 Å². The highest BCUT2D eigenvalue weighted by molar-refractivity contribution is 5.95. The molecule has 5 heterocycles. The molecule has 2 aliphatic heterocycles. The fraction of sp³-hybridized carbons (Fsp3) is 0.583. The fourth-order valence-electron chi connectivity index (χ4n) is 5.20. The third-order valence-corrected chi connectivity index (χ3v) is 7.09. The second-order valence-electron chi connectivity index (χ2n) is 9.76. The van der Waals surface area contributed by atoms with Crippen molar-refractivity contribution in [2.24, 2.45) is 5.92 Å². The van der Waals surface area contributed by atoms with Crippen LogP contribution in [0.15, 0.2) is 18.6 Å². The molecule has 0 unspecified atom stereocenters. The zero-order valence-electron chi connectivity index (χ0n) is 20.1. The number of aromatic amines is 1. The van der Waals surface area contributed by atoms with Gasteiger partial charge in [0, 0.05) is 56.2 Å². The smallest absolute Gasteiger partial charge is 0.381 e. The van der Waals surface area contributed by atoms with Crippen LogP contribution in [0.3, 0.4) is 0 Å². The maximum atomic E-state index is 13.5. The molecule has 9 nitrogen and oxygen atoms in total. The number of likely N-dealkylation sites (tertiary alicyclic amines) is 1. The first kappa shape index (κ1) is 24.7. The van der Waals surface area contributed by atoms with Gasteiger partial charge in [-0.05, 0) is 50.2 Å². The van der Waals surface area contributed by atoms with E-state index in [0.717, 1.165) is 64.1 Å². The molecule has 194 valence electrons. The minimum Gasteiger partial charge on any atom is -0.381 e. The lowest BCUT2D eigenvalue weighted by Gasteiger charge is -2.35. The number of alkyl halides is 3. The van der Waals surface area contributed by atoms with Crippen LogP contribution in [0.2, 0.25) is 0 Å². The molecular weight excluding hydrogens is 475 g/mol. The van der Waals surface area contributed by atoms with Gasteiger partial charge in [0.15, 0.2) is 11.3 Å². The molecule has 2 saturated heterocycles. The van der Waals surface area contributed by atoms with Gasteiger partial charge in [-0.3, -0.25) is 9.89 Å². The highest BCUT2D eigenvalue weighted by atomic mass is 19.4. The van der Waals surface area contributed by atoms with Crippen molar-refractivity contribution in [3.05, 3.63) is 35.4 Å². The molecule has 2 N–H and O–H groups in total. The predicted octanol–water partition coefficient (Wildman–Crippen LogP) is 3.15. The fourth-order valence-corrected chi connectivity index (χ4v) is 5.20. The summed E-state index contributed by atoms with van der Waals surface area (Å²) in [4.78, 5) is 19.6. The quantitative estimate of drug-likeness (QED) is 0.534. The van der Waals surface area contributed by atoms with Crippen molar-refractivity contribution in [1.29, 1.82) is 0 Å². The van der Waals surface area contributed by atoms with Crippen LogP contribution in [0.1, 0.15) is 47.3 Å². The number of fused-ring (bicyclic) bond motifs is 1. The number of halogens is 3. The molecule has 1 amide bonds. The summed E-state index contributed by atoms with van der Waals surface area (Å²) in [5.74, 6) is 0.0517. The lowest BCUT2D eigenvalue weighted by atomic mass is 9.97. The molecule has 0 saturated carbocycles. The average Bonchev–Trinajstić information content (AvgIpc) is 3.47. The van der Waals surface area contributed by atoms with E-state index in [2.05, 4.69) is 30.5 Å². The molecule has 0 aliphatic carbocycles. The van der Waals surface area contributed by atoms with E-state index in [4.69, 9.17) is 4.74 Å². The summed E-state index contributed by atoms with van der Waals surface area (Å²) in [5.41, 5.74) is 1.58. The first-order chi connectivity index (χ1) is 17.3. The average molecular weight is 506 g/mol. The van der Waals surface area contributed by atoms with Gasteiger partial charge in [-0.2, -0.15) is 23.4 Å². The number of hydrogen-bond donors (Lipinski definition) is 2. The first-order valence-corrected chi connectivity index (χ1v) is 12.3. The van der Waals surface area contributed by atoms with Crippen LogP contribution >= 0.6 is 0 Å². The second kappa shape index (κ2) is 10.2. The summed E-state index contributed by atoms with van der Waals surface area (Å²) in [6.45, 7) is 6.15. The van der Waals surface area contributed by atoms with Crippen molar-refractivity contribution < 1.29 is 22.7 Å². The number of piperidine rings is 1. The molecule has 2 fully saturated rings. The minimum atomic E-state index is -4.50. The van der Waals surface area contributed by atoms with Crippen LogP contribution in [0.4, 0.5) is 13.2 Å². The number of nitrogens with zero attached hydrogens (tertiary/aromatic N) is 5. The molecule has 3 aromatic rings. The summed E-state index contributed by atoms with van der Waals surface area (Å²) in [6, 6.07) is 1.61. The third-order valence-electron chi connectivity index (χ3n) is 7.09. The standard InChI is InChI=1S/C24H30F3N7O2/c1-15-10-17(13-34-22(15)28-14-29-34)20-19(11-24(25,26)27)21(32-31-20)23(35)30-18-2-6-33(7-3-18)12-16-4-8-36-9-5-16/h10,13-14,16,18H,2-9,11-12H2,1H3,(H,30,35)(H,31,32). The molecule has 0 bridgehead atoms. The summed E-state index contributed by atoms with van der Waals surface area (Å²) in [5, 5.41) is 13.7. The Balaban J connectivity index is 1.30. The Bertz CT molecular complexity index is 1210. The summed E-state index contributed by atoms with van der Waals surface area (Å²) >= 11 is 0. The Morgan fingerprint density at radius 1 is 1.22 bits per heavy atom. The number of carbonyl (C=O) groups excluding carboxylic acids is 1. The molecule has 12 heteroatoms. The van der Waals surface area contributed by atoms with Gasteiger partial charge in [0.2, 0.25) is 0 Å². The number of aryl methyl sites for hydroxylation is 1. The molecule has 5 rings (SSSR count). The van der Waals surface area contributed by atoms with Crippen LogP contribution < -0.4 is 5.32 Å². The number of nitrogens with one attached hydrogen (secondary N) is 2. The van der Waals surface area contributed by atoms with E-state index < -0.39 is 18.5 Å². The summed E-state index contributed by atoms with van der Waals surface area (Å²) in [7, 11) is 0. The Labute approximate surface area is 206 Å². The summed E-state index contributed by atoms with van der Waals surface area (Å²) < 4.78 is 47.5. The Morgan fingerprint density at radius 2 is 1.97 bits per heavy atom. The van der Waals surface area contributed by atoms with Crippen molar-refractivity contribution in [3.8, 4) is 11.3 Å². The number of amides is 1. The van der Waals surface area contributed by atoms with E-state index in [1.165, 1.54) is 10.8 Å². The molecule has 2 aliphatic rings. The Kier molecular flexibility index (Phi) is 6.98. The molecule has 0 atom stereocenters. The predicted molar refractivity (Wildman–Crippen MR) is 126 cm³/mol. The van der Waals surface area contributed by atoms with Crippen LogP contribution in [0.5, 0.6) is 0 Å². The van der Waals surface area contributed by atoms with E-state index in [1.807, 2.05) is 0 Å². The number of ether oxygens (including phenoxy) is 1. The van der Waals surface area contributed by atoms with Crippen LogP contribution in [-0.2, 0) is 11.2 Å². The number of hydrogen-bond acceptors (Lipinski definition) is 6. The minimum absolute atomic E-state index is 0.101. The largest absolute Gasteiger partial charge is 0.393 e. The number of H-pyrrole nitrogens is 1. The van der Waals surface area contributed by atoms with Crippen molar-refractivity contribution in [3.63, 3.8) is 0 Å². The Hall–Kier alpha value is -2.99. The SMILES string of the molecule is Cc1cc(-c2[nH]nc(C(=O)NC3CCN(CC4CCOCC4)CC3)c2CC(F)(F)F)cn2ncnc12. The van der Waals surface area contributed by atoms with Crippen molar-refractivity contribution in [1.82, 2.24) is 35.0 Å². The van der Waals surface area contributed by atoms with Gasteiger partial charge in [0.1, 0.15) is 6.33 Å². The zero-order chi connectivity index (χ0) is 25.3. The highest BCUT2D eigenvalue weighted by Gasteiger charge is 2.34. The van der Waals surface area contributed by atoms with Crippen LogP contribution in [0.25, 0.3) is 16.9 Å². The molecule has 0 radical (unpaired) electrons. The topological polar surface area (TPSA) is 100 Å². The van der Waals surface area contributed by atoms with E-state index in [9.17, 15) is 18.0 Å². The van der Waals surface area contributed by atoms with Crippen molar-refractivity contribution in [2.75, 3.05) is 32.8 Å². The lowest BCUT2D eigenvalue weighted by molar-refractivity contribution is -0.127. The highest BCUT2D eigenvalue weighted by Crippen LogP contribution is 2.31. The summed E-state index contributed by atoms with van der Waals surface area (Å²) in [6.07, 6.45) is 0.843. The molecule has 0 spiro atoms. The number of carbonyl (C=O) groups is 1. The van der Waals surface area contributed by atoms with Crippen LogP contribution in [0, 0.1) is 12.8 Å². The van der Waals surface area contributed by atoms with Gasteiger partial charge in [-0.15, -0.1) is 0 Å². The maximum absolute atomic E-state index is 13.5. The maximum Gasteiger partial charge on any atom is 0.393 e. The van der Waals surface area contributed by atoms with Gasteiger partial charge < -0.3 is 15.0 Å². The zero-order valence-corrected chi connectivity index (χ0v) is 20.1. The Morgan fingerprint density at radius 3 is 2.69 bits per heavy atom.